The number of carbonyl (C=O) groups excluding carboxylic acids is 2. The van der Waals surface area contributed by atoms with E-state index in [1.165, 1.54) is 6.20 Å². The van der Waals surface area contributed by atoms with Crippen LogP contribution in [-0.4, -0.2) is 29.9 Å². The van der Waals surface area contributed by atoms with Crippen molar-refractivity contribution in [2.45, 2.75) is 18.9 Å². The van der Waals surface area contributed by atoms with Gasteiger partial charge in [0.05, 0.1) is 0 Å². The van der Waals surface area contributed by atoms with Crippen LogP contribution in [0.5, 0.6) is 11.5 Å². The maximum atomic E-state index is 12.4. The lowest BCUT2D eigenvalue weighted by molar-refractivity contribution is 0.0947. The summed E-state index contributed by atoms with van der Waals surface area (Å²) in [6, 6.07) is 14.8. The number of ether oxygens (including phenoxy) is 1. The van der Waals surface area contributed by atoms with Gasteiger partial charge in [-0.3, -0.25) is 14.6 Å². The van der Waals surface area contributed by atoms with E-state index in [-0.39, 0.29) is 17.5 Å². The largest absolute Gasteiger partial charge is 0.457 e. The molecule has 0 spiro atoms. The zero-order valence-electron chi connectivity index (χ0n) is 14.9. The summed E-state index contributed by atoms with van der Waals surface area (Å²) < 4.78 is 5.88. The van der Waals surface area contributed by atoms with Crippen molar-refractivity contribution < 1.29 is 14.3 Å². The first-order chi connectivity index (χ1) is 13.1. The van der Waals surface area contributed by atoms with Crippen molar-refractivity contribution in [3.8, 4) is 11.5 Å². The third-order valence-corrected chi connectivity index (χ3v) is 4.44. The Morgan fingerprint density at radius 3 is 2.63 bits per heavy atom. The van der Waals surface area contributed by atoms with Crippen LogP contribution in [0.3, 0.4) is 0 Å². The number of rotatable bonds is 5. The van der Waals surface area contributed by atoms with Gasteiger partial charge >= 0.3 is 0 Å². The zero-order chi connectivity index (χ0) is 18.8. The number of nitrogens with zero attached hydrogens (tertiary/aromatic N) is 1. The summed E-state index contributed by atoms with van der Waals surface area (Å²) in [7, 11) is 1.55. The summed E-state index contributed by atoms with van der Waals surface area (Å²) >= 11 is 0. The van der Waals surface area contributed by atoms with Crippen molar-refractivity contribution in [3.05, 3.63) is 66.0 Å². The lowest BCUT2D eigenvalue weighted by Crippen LogP contribution is -2.25. The molecule has 2 aromatic carbocycles. The first-order valence-electron chi connectivity index (χ1n) is 8.83. The second-order valence-electron chi connectivity index (χ2n) is 6.49. The van der Waals surface area contributed by atoms with E-state index in [1.54, 1.807) is 19.2 Å². The average Bonchev–Trinajstić information content (AvgIpc) is 3.51. The predicted molar refractivity (Wildman–Crippen MR) is 102 cm³/mol. The molecular weight excluding hydrogens is 342 g/mol. The first-order valence-corrected chi connectivity index (χ1v) is 8.83. The van der Waals surface area contributed by atoms with Crippen molar-refractivity contribution in [3.63, 3.8) is 0 Å². The number of hydrogen-bond acceptors (Lipinski definition) is 4. The summed E-state index contributed by atoms with van der Waals surface area (Å²) in [5.74, 6) is 0.827. The molecule has 0 aliphatic heterocycles. The van der Waals surface area contributed by atoms with Gasteiger partial charge in [0, 0.05) is 30.9 Å². The standard InChI is InChI=1S/C21H19N3O3/c1-22-21(26)19-12-16(9-10-23-19)27-15-7-8-17-13(11-15)3-2-4-18(17)20(25)24-14-5-6-14/h2-4,7-12,14H,5-6H2,1H3,(H,22,26)(H,24,25). The lowest BCUT2D eigenvalue weighted by Gasteiger charge is -2.10. The molecular formula is C21H19N3O3. The Labute approximate surface area is 156 Å². The minimum absolute atomic E-state index is 0.0406. The number of fused-ring (bicyclic) bond motifs is 1. The number of hydrogen-bond donors (Lipinski definition) is 2. The Morgan fingerprint density at radius 2 is 1.85 bits per heavy atom. The molecule has 1 aliphatic carbocycles. The van der Waals surface area contributed by atoms with Gasteiger partial charge < -0.3 is 15.4 Å². The summed E-state index contributed by atoms with van der Waals surface area (Å²) in [6.07, 6.45) is 3.64. The van der Waals surface area contributed by atoms with Crippen molar-refractivity contribution in [2.75, 3.05) is 7.05 Å². The summed E-state index contributed by atoms with van der Waals surface area (Å²) in [5, 5.41) is 7.35. The molecule has 1 saturated carbocycles. The molecule has 1 heterocycles. The zero-order valence-corrected chi connectivity index (χ0v) is 14.9. The van der Waals surface area contributed by atoms with Crippen LogP contribution in [0.4, 0.5) is 0 Å². The van der Waals surface area contributed by atoms with Crippen LogP contribution in [0.1, 0.15) is 33.7 Å². The van der Waals surface area contributed by atoms with E-state index >= 15 is 0 Å². The summed E-state index contributed by atoms with van der Waals surface area (Å²) in [4.78, 5) is 28.2. The fourth-order valence-corrected chi connectivity index (χ4v) is 2.88. The van der Waals surface area contributed by atoms with E-state index in [0.29, 0.717) is 23.1 Å². The van der Waals surface area contributed by atoms with Gasteiger partial charge in [-0.15, -0.1) is 0 Å². The molecule has 3 aromatic rings. The van der Waals surface area contributed by atoms with E-state index in [1.807, 2.05) is 36.4 Å². The number of carbonyl (C=O) groups is 2. The van der Waals surface area contributed by atoms with Gasteiger partial charge in [0.2, 0.25) is 0 Å². The summed E-state index contributed by atoms with van der Waals surface area (Å²) in [6.45, 7) is 0. The van der Waals surface area contributed by atoms with Crippen LogP contribution in [0.2, 0.25) is 0 Å². The lowest BCUT2D eigenvalue weighted by atomic mass is 10.0. The fourth-order valence-electron chi connectivity index (χ4n) is 2.88. The maximum absolute atomic E-state index is 12.4. The molecule has 27 heavy (non-hydrogen) atoms. The molecule has 136 valence electrons. The van der Waals surface area contributed by atoms with Crippen LogP contribution < -0.4 is 15.4 Å². The van der Waals surface area contributed by atoms with E-state index in [2.05, 4.69) is 15.6 Å². The van der Waals surface area contributed by atoms with Crippen LogP contribution in [0, 0.1) is 0 Å². The van der Waals surface area contributed by atoms with Crippen molar-refractivity contribution >= 4 is 22.6 Å². The minimum Gasteiger partial charge on any atom is -0.457 e. The molecule has 6 heteroatoms. The topological polar surface area (TPSA) is 80.3 Å². The molecule has 1 fully saturated rings. The Bertz CT molecular complexity index is 1030. The number of benzene rings is 2. The Balaban J connectivity index is 1.60. The molecule has 1 aliphatic rings. The number of nitrogens with one attached hydrogen (secondary N) is 2. The van der Waals surface area contributed by atoms with Gasteiger partial charge in [0.15, 0.2) is 0 Å². The van der Waals surface area contributed by atoms with Crippen molar-refractivity contribution in [2.24, 2.45) is 0 Å². The number of aromatic nitrogens is 1. The molecule has 0 saturated heterocycles. The third-order valence-electron chi connectivity index (χ3n) is 4.44. The van der Waals surface area contributed by atoms with Gasteiger partial charge in [-0.2, -0.15) is 0 Å². The Kier molecular flexibility index (Phi) is 4.46. The SMILES string of the molecule is CNC(=O)c1cc(Oc2ccc3c(C(=O)NC4CC4)cccc3c2)ccn1. The van der Waals surface area contributed by atoms with Crippen LogP contribution in [0.15, 0.2) is 54.7 Å². The van der Waals surface area contributed by atoms with E-state index in [4.69, 9.17) is 4.74 Å². The maximum Gasteiger partial charge on any atom is 0.269 e. The fraction of sp³-hybridized carbons (Fsp3) is 0.190. The van der Waals surface area contributed by atoms with Crippen molar-refractivity contribution in [1.29, 1.82) is 0 Å². The monoisotopic (exact) mass is 361 g/mol. The van der Waals surface area contributed by atoms with Crippen LogP contribution in [0.25, 0.3) is 10.8 Å². The highest BCUT2D eigenvalue weighted by atomic mass is 16.5. The second-order valence-corrected chi connectivity index (χ2v) is 6.49. The normalized spacial score (nSPS) is 13.2. The van der Waals surface area contributed by atoms with Crippen LogP contribution >= 0.6 is 0 Å². The van der Waals surface area contributed by atoms with Gasteiger partial charge in [-0.1, -0.05) is 12.1 Å². The van der Waals surface area contributed by atoms with Gasteiger partial charge in [-0.05, 0) is 53.9 Å². The van der Waals surface area contributed by atoms with E-state index < -0.39 is 0 Å². The quantitative estimate of drug-likeness (QED) is 0.731. The number of pyridine rings is 1. The van der Waals surface area contributed by atoms with Gasteiger partial charge in [0.1, 0.15) is 17.2 Å². The first kappa shape index (κ1) is 17.0. The third kappa shape index (κ3) is 3.74. The molecule has 4 rings (SSSR count). The van der Waals surface area contributed by atoms with Crippen LogP contribution in [-0.2, 0) is 0 Å². The highest BCUT2D eigenvalue weighted by molar-refractivity contribution is 6.07. The predicted octanol–water partition coefficient (Wildman–Crippen LogP) is 3.28. The van der Waals surface area contributed by atoms with E-state index in [0.717, 1.165) is 23.6 Å². The molecule has 6 nitrogen and oxygen atoms in total. The highest BCUT2D eigenvalue weighted by Crippen LogP contribution is 2.28. The molecule has 0 bridgehead atoms. The molecule has 2 N–H and O–H groups in total. The van der Waals surface area contributed by atoms with E-state index in [9.17, 15) is 9.59 Å². The smallest absolute Gasteiger partial charge is 0.269 e. The van der Waals surface area contributed by atoms with Gasteiger partial charge in [-0.25, -0.2) is 0 Å². The molecule has 1 aromatic heterocycles. The second kappa shape index (κ2) is 7.07. The average molecular weight is 361 g/mol. The molecule has 2 amide bonds. The van der Waals surface area contributed by atoms with Crippen molar-refractivity contribution in [1.82, 2.24) is 15.6 Å². The van der Waals surface area contributed by atoms with Gasteiger partial charge in [0.25, 0.3) is 11.8 Å². The molecule has 0 radical (unpaired) electrons. The number of amides is 2. The summed E-state index contributed by atoms with van der Waals surface area (Å²) in [5.41, 5.74) is 0.951. The highest BCUT2D eigenvalue weighted by Gasteiger charge is 2.24. The Morgan fingerprint density at radius 1 is 1.04 bits per heavy atom. The Hall–Kier alpha value is -3.41. The minimum atomic E-state index is -0.273. The molecule has 0 unspecified atom stereocenters. The molecule has 0 atom stereocenters.